The van der Waals surface area contributed by atoms with Gasteiger partial charge in [-0.25, -0.2) is 9.78 Å². The van der Waals surface area contributed by atoms with E-state index in [0.29, 0.717) is 13.1 Å². The second kappa shape index (κ2) is 3.33. The fourth-order valence-corrected chi connectivity index (χ4v) is 2.29. The van der Waals surface area contributed by atoms with Crippen molar-refractivity contribution in [1.82, 2.24) is 9.88 Å². The fraction of sp³-hybridized carbons (Fsp3) is 0.500. The van der Waals surface area contributed by atoms with Gasteiger partial charge in [0.2, 0.25) is 0 Å². The van der Waals surface area contributed by atoms with Gasteiger partial charge in [-0.05, 0) is 0 Å². The first-order valence-electron chi connectivity index (χ1n) is 4.16. The zero-order valence-corrected chi connectivity index (χ0v) is 7.88. The maximum Gasteiger partial charge on any atom is 0.407 e. The molecule has 1 aromatic rings. The molecule has 1 aliphatic rings. The molecule has 0 atom stereocenters. The first kappa shape index (κ1) is 8.50. The van der Waals surface area contributed by atoms with Crippen LogP contribution in [0, 0.1) is 0 Å². The van der Waals surface area contributed by atoms with E-state index in [2.05, 4.69) is 4.98 Å². The second-order valence-corrected chi connectivity index (χ2v) is 3.93. The van der Waals surface area contributed by atoms with Crippen molar-refractivity contribution in [1.29, 1.82) is 0 Å². The summed E-state index contributed by atoms with van der Waals surface area (Å²) in [6, 6.07) is 0. The molecule has 0 aromatic carbocycles. The van der Waals surface area contributed by atoms with Crippen molar-refractivity contribution in [3.05, 3.63) is 16.1 Å². The largest absolute Gasteiger partial charge is 0.465 e. The fourth-order valence-electron chi connectivity index (χ4n) is 1.48. The lowest BCUT2D eigenvalue weighted by Crippen LogP contribution is -2.31. The van der Waals surface area contributed by atoms with Gasteiger partial charge in [0.25, 0.3) is 0 Å². The van der Waals surface area contributed by atoms with Crippen LogP contribution in [-0.4, -0.2) is 34.2 Å². The van der Waals surface area contributed by atoms with Crippen LogP contribution in [0.25, 0.3) is 0 Å². The molecule has 0 saturated heterocycles. The third-order valence-electron chi connectivity index (χ3n) is 2.22. The summed E-state index contributed by atoms with van der Waals surface area (Å²) < 4.78 is 0. The van der Waals surface area contributed by atoms with Crippen molar-refractivity contribution in [2.45, 2.75) is 12.8 Å². The molecule has 2 rings (SSSR count). The summed E-state index contributed by atoms with van der Waals surface area (Å²) in [6.07, 6.45) is 0.743. The number of carbonyl (C=O) groups is 1. The van der Waals surface area contributed by atoms with E-state index in [1.807, 2.05) is 5.51 Å². The van der Waals surface area contributed by atoms with Gasteiger partial charge in [0.15, 0.2) is 0 Å². The van der Waals surface area contributed by atoms with Gasteiger partial charge in [-0.3, -0.25) is 0 Å². The molecular formula is C8H10N2O2S. The van der Waals surface area contributed by atoms with Gasteiger partial charge >= 0.3 is 6.09 Å². The molecule has 0 unspecified atom stereocenters. The number of rotatable bonds is 0. The Balaban J connectivity index is 2.12. The predicted octanol–water partition coefficient (Wildman–Crippen LogP) is 1.22. The highest BCUT2D eigenvalue weighted by Crippen LogP contribution is 2.18. The number of hydrogen-bond acceptors (Lipinski definition) is 3. The lowest BCUT2D eigenvalue weighted by atomic mass is 10.2. The molecule has 0 bridgehead atoms. The van der Waals surface area contributed by atoms with Crippen LogP contribution in [0.3, 0.4) is 0 Å². The molecule has 1 amide bonds. The van der Waals surface area contributed by atoms with E-state index in [9.17, 15) is 4.79 Å². The molecule has 1 aromatic heterocycles. The lowest BCUT2D eigenvalue weighted by Gasteiger charge is -2.14. The summed E-state index contributed by atoms with van der Waals surface area (Å²) in [6.45, 7) is 1.18. The zero-order chi connectivity index (χ0) is 9.26. The third kappa shape index (κ3) is 1.65. The van der Waals surface area contributed by atoms with E-state index in [4.69, 9.17) is 5.11 Å². The van der Waals surface area contributed by atoms with E-state index in [1.165, 1.54) is 9.78 Å². The van der Waals surface area contributed by atoms with Gasteiger partial charge in [-0.15, -0.1) is 11.3 Å². The molecule has 1 N–H and O–H groups in total. The molecule has 70 valence electrons. The minimum Gasteiger partial charge on any atom is -0.465 e. The number of fused-ring (bicyclic) bond motifs is 1. The van der Waals surface area contributed by atoms with Gasteiger partial charge in [0, 0.05) is 30.8 Å². The topological polar surface area (TPSA) is 53.4 Å². The molecule has 4 nitrogen and oxygen atoms in total. The Kier molecular flexibility index (Phi) is 2.18. The van der Waals surface area contributed by atoms with Crippen LogP contribution in [0.4, 0.5) is 4.79 Å². The highest BCUT2D eigenvalue weighted by molar-refractivity contribution is 7.09. The van der Waals surface area contributed by atoms with Crippen LogP contribution in [0.5, 0.6) is 0 Å². The average Bonchev–Trinajstić information content (AvgIpc) is 2.44. The standard InChI is InChI=1S/C8H10N2O2S/c11-8(12)10-3-1-6-7(2-4-10)13-5-9-6/h5H,1-4H2,(H,11,12). The summed E-state index contributed by atoms with van der Waals surface area (Å²) in [5, 5.41) is 8.79. The Morgan fingerprint density at radius 3 is 3.08 bits per heavy atom. The highest BCUT2D eigenvalue weighted by atomic mass is 32.1. The number of thiazole rings is 1. The van der Waals surface area contributed by atoms with Gasteiger partial charge < -0.3 is 10.0 Å². The van der Waals surface area contributed by atoms with Crippen LogP contribution in [0.1, 0.15) is 10.6 Å². The lowest BCUT2D eigenvalue weighted by molar-refractivity contribution is 0.147. The molecule has 0 spiro atoms. The number of nitrogens with zero attached hydrogens (tertiary/aromatic N) is 2. The molecule has 1 aliphatic heterocycles. The predicted molar refractivity (Wildman–Crippen MR) is 49.1 cm³/mol. The number of aromatic nitrogens is 1. The highest BCUT2D eigenvalue weighted by Gasteiger charge is 2.18. The number of hydrogen-bond donors (Lipinski definition) is 1. The minimum atomic E-state index is -0.824. The van der Waals surface area contributed by atoms with Crippen LogP contribution in [0.15, 0.2) is 5.51 Å². The molecule has 0 aliphatic carbocycles. The van der Waals surface area contributed by atoms with Crippen molar-refractivity contribution < 1.29 is 9.90 Å². The number of amides is 1. The van der Waals surface area contributed by atoms with Crippen molar-refractivity contribution >= 4 is 17.4 Å². The maximum absolute atomic E-state index is 10.7. The second-order valence-electron chi connectivity index (χ2n) is 2.99. The van der Waals surface area contributed by atoms with E-state index < -0.39 is 6.09 Å². The van der Waals surface area contributed by atoms with Crippen molar-refractivity contribution in [2.24, 2.45) is 0 Å². The first-order valence-corrected chi connectivity index (χ1v) is 5.04. The normalized spacial score (nSPS) is 16.5. The summed E-state index contributed by atoms with van der Waals surface area (Å²) in [5.74, 6) is 0. The van der Waals surface area contributed by atoms with Crippen molar-refractivity contribution in [3.8, 4) is 0 Å². The molecule has 0 radical (unpaired) electrons. The maximum atomic E-state index is 10.7. The Morgan fingerprint density at radius 1 is 1.54 bits per heavy atom. The summed E-state index contributed by atoms with van der Waals surface area (Å²) in [4.78, 5) is 17.6. The average molecular weight is 198 g/mol. The van der Waals surface area contributed by atoms with Crippen LogP contribution in [0.2, 0.25) is 0 Å². The first-order chi connectivity index (χ1) is 6.27. The van der Waals surface area contributed by atoms with E-state index in [1.54, 1.807) is 11.3 Å². The Morgan fingerprint density at radius 2 is 2.31 bits per heavy atom. The Labute approximate surface area is 79.8 Å². The summed E-state index contributed by atoms with van der Waals surface area (Å²) in [5.41, 5.74) is 2.91. The Bertz CT molecular complexity index is 301. The molecule has 2 heterocycles. The molecule has 0 fully saturated rings. The summed E-state index contributed by atoms with van der Waals surface area (Å²) in [7, 11) is 0. The smallest absolute Gasteiger partial charge is 0.407 e. The van der Waals surface area contributed by atoms with Crippen LogP contribution >= 0.6 is 11.3 Å². The minimum absolute atomic E-state index is 0.575. The monoisotopic (exact) mass is 198 g/mol. The summed E-state index contributed by atoms with van der Waals surface area (Å²) >= 11 is 1.62. The zero-order valence-electron chi connectivity index (χ0n) is 7.06. The molecule has 0 saturated carbocycles. The van der Waals surface area contributed by atoms with Crippen molar-refractivity contribution in [3.63, 3.8) is 0 Å². The van der Waals surface area contributed by atoms with Crippen LogP contribution in [-0.2, 0) is 12.8 Å². The van der Waals surface area contributed by atoms with E-state index in [-0.39, 0.29) is 0 Å². The molecular weight excluding hydrogens is 188 g/mol. The van der Waals surface area contributed by atoms with Gasteiger partial charge in [-0.1, -0.05) is 0 Å². The van der Waals surface area contributed by atoms with Gasteiger partial charge in [0.1, 0.15) is 0 Å². The van der Waals surface area contributed by atoms with E-state index >= 15 is 0 Å². The van der Waals surface area contributed by atoms with Gasteiger partial charge in [0.05, 0.1) is 11.2 Å². The van der Waals surface area contributed by atoms with Gasteiger partial charge in [-0.2, -0.15) is 0 Å². The SMILES string of the molecule is O=C(O)N1CCc2ncsc2CC1. The third-order valence-corrected chi connectivity index (χ3v) is 3.16. The van der Waals surface area contributed by atoms with Crippen molar-refractivity contribution in [2.75, 3.05) is 13.1 Å². The van der Waals surface area contributed by atoms with E-state index in [0.717, 1.165) is 18.5 Å². The number of carboxylic acid groups (broad SMARTS) is 1. The Hall–Kier alpha value is -1.10. The van der Waals surface area contributed by atoms with Crippen LogP contribution < -0.4 is 0 Å². The molecule has 13 heavy (non-hydrogen) atoms. The quantitative estimate of drug-likeness (QED) is 0.682. The molecule has 5 heteroatoms.